The van der Waals surface area contributed by atoms with Gasteiger partial charge in [-0.2, -0.15) is 5.26 Å². The van der Waals surface area contributed by atoms with Gasteiger partial charge in [0, 0.05) is 16.7 Å². The minimum absolute atomic E-state index is 0.290. The zero-order valence-electron chi connectivity index (χ0n) is 8.18. The van der Waals surface area contributed by atoms with Gasteiger partial charge < -0.3 is 9.26 Å². The van der Waals surface area contributed by atoms with E-state index in [1.807, 2.05) is 6.07 Å². The molecule has 16 heavy (non-hydrogen) atoms. The highest BCUT2D eigenvalue weighted by molar-refractivity contribution is 6.30. The predicted molar refractivity (Wildman–Crippen MR) is 57.0 cm³/mol. The van der Waals surface area contributed by atoms with E-state index in [0.29, 0.717) is 22.9 Å². The van der Waals surface area contributed by atoms with Gasteiger partial charge in [-0.25, -0.2) is 0 Å². The second-order valence-electron chi connectivity index (χ2n) is 3.07. The van der Waals surface area contributed by atoms with Crippen LogP contribution in [-0.2, 0) is 6.61 Å². The zero-order chi connectivity index (χ0) is 11.4. The summed E-state index contributed by atoms with van der Waals surface area (Å²) in [6.45, 7) is 0.290. The van der Waals surface area contributed by atoms with E-state index in [1.165, 1.54) is 6.26 Å². The van der Waals surface area contributed by atoms with Crippen LogP contribution in [-0.4, -0.2) is 5.16 Å². The number of benzene rings is 1. The molecule has 0 N–H and O–H groups in total. The molecule has 0 radical (unpaired) electrons. The molecule has 2 rings (SSSR count). The van der Waals surface area contributed by atoms with Crippen LogP contribution in [0.15, 0.2) is 35.2 Å². The van der Waals surface area contributed by atoms with Gasteiger partial charge in [0.1, 0.15) is 24.7 Å². The summed E-state index contributed by atoms with van der Waals surface area (Å²) in [6.07, 6.45) is 3.03. The van der Waals surface area contributed by atoms with Gasteiger partial charge >= 0.3 is 0 Å². The fraction of sp³-hybridized carbons (Fsp3) is 0.0909. The Morgan fingerprint density at radius 1 is 1.50 bits per heavy atom. The molecule has 1 heterocycles. The topological polar surface area (TPSA) is 59.0 Å². The normalized spacial score (nSPS) is 9.75. The van der Waals surface area contributed by atoms with E-state index in [2.05, 4.69) is 9.68 Å². The molecule has 5 heteroatoms. The molecule has 2 aromatic rings. The highest BCUT2D eigenvalue weighted by Crippen LogP contribution is 2.23. The number of halogens is 1. The van der Waals surface area contributed by atoms with E-state index < -0.39 is 0 Å². The first kappa shape index (κ1) is 10.5. The average Bonchev–Trinajstić information content (AvgIpc) is 2.79. The highest BCUT2D eigenvalue weighted by atomic mass is 35.5. The number of nitrogens with zero attached hydrogens (tertiary/aromatic N) is 2. The molecule has 1 aromatic heterocycles. The van der Waals surface area contributed by atoms with Crippen molar-refractivity contribution >= 4 is 11.6 Å². The minimum atomic E-state index is 0.290. The second-order valence-corrected chi connectivity index (χ2v) is 3.51. The number of rotatable bonds is 3. The Morgan fingerprint density at radius 2 is 2.38 bits per heavy atom. The van der Waals surface area contributed by atoms with Crippen LogP contribution in [0.3, 0.4) is 0 Å². The quantitative estimate of drug-likeness (QED) is 0.819. The van der Waals surface area contributed by atoms with Gasteiger partial charge in [0.15, 0.2) is 0 Å². The highest BCUT2D eigenvalue weighted by Gasteiger charge is 2.05. The van der Waals surface area contributed by atoms with Crippen LogP contribution in [0.5, 0.6) is 5.75 Å². The molecule has 0 saturated heterocycles. The molecule has 0 fully saturated rings. The van der Waals surface area contributed by atoms with Gasteiger partial charge in [-0.05, 0) is 12.1 Å². The molecule has 0 spiro atoms. The van der Waals surface area contributed by atoms with Crippen LogP contribution in [0, 0.1) is 11.3 Å². The monoisotopic (exact) mass is 234 g/mol. The summed E-state index contributed by atoms with van der Waals surface area (Å²) in [5.74, 6) is 0.455. The third-order valence-electron chi connectivity index (χ3n) is 1.94. The molecule has 1 aromatic carbocycles. The van der Waals surface area contributed by atoms with Crippen LogP contribution in [0.2, 0.25) is 5.02 Å². The summed E-state index contributed by atoms with van der Waals surface area (Å²) in [5, 5.41) is 12.9. The number of ether oxygens (including phenoxy) is 1. The summed E-state index contributed by atoms with van der Waals surface area (Å²) in [6, 6.07) is 6.90. The molecule has 0 saturated carbocycles. The van der Waals surface area contributed by atoms with Crippen molar-refractivity contribution in [2.75, 3.05) is 0 Å². The van der Waals surface area contributed by atoms with Crippen molar-refractivity contribution in [3.8, 4) is 11.8 Å². The van der Waals surface area contributed by atoms with Crippen molar-refractivity contribution in [3.05, 3.63) is 46.8 Å². The zero-order valence-corrected chi connectivity index (χ0v) is 8.94. The van der Waals surface area contributed by atoms with E-state index in [-0.39, 0.29) is 0 Å². The Hall–Kier alpha value is -1.99. The Kier molecular flexibility index (Phi) is 3.08. The second kappa shape index (κ2) is 4.69. The third-order valence-corrected chi connectivity index (χ3v) is 2.18. The summed E-state index contributed by atoms with van der Waals surface area (Å²) in [5.41, 5.74) is 1.24. The Labute approximate surface area is 97.0 Å². The van der Waals surface area contributed by atoms with Crippen LogP contribution < -0.4 is 4.74 Å². The molecule has 0 aliphatic heterocycles. The molecule has 0 unspecified atom stereocenters. The van der Waals surface area contributed by atoms with Crippen molar-refractivity contribution in [2.24, 2.45) is 0 Å². The molecule has 80 valence electrons. The summed E-state index contributed by atoms with van der Waals surface area (Å²) < 4.78 is 10.1. The summed E-state index contributed by atoms with van der Waals surface area (Å²) >= 11 is 5.81. The molecule has 0 aliphatic carbocycles. The molecular weight excluding hydrogens is 228 g/mol. The van der Waals surface area contributed by atoms with Gasteiger partial charge in [-0.15, -0.1) is 0 Å². The average molecular weight is 235 g/mol. The fourth-order valence-electron chi connectivity index (χ4n) is 1.17. The van der Waals surface area contributed by atoms with E-state index in [9.17, 15) is 0 Å². The van der Waals surface area contributed by atoms with E-state index in [1.54, 1.807) is 24.4 Å². The lowest BCUT2D eigenvalue weighted by atomic mass is 10.2. The Balaban J connectivity index is 2.15. The maximum Gasteiger partial charge on any atom is 0.139 e. The number of hydrogen-bond acceptors (Lipinski definition) is 4. The van der Waals surface area contributed by atoms with E-state index >= 15 is 0 Å². The predicted octanol–water partition coefficient (Wildman–Crippen LogP) is 2.78. The smallest absolute Gasteiger partial charge is 0.139 e. The molecular formula is C11H7ClN2O2. The van der Waals surface area contributed by atoms with Crippen LogP contribution in [0.4, 0.5) is 0 Å². The van der Waals surface area contributed by atoms with Gasteiger partial charge in [-0.3, -0.25) is 0 Å². The lowest BCUT2D eigenvalue weighted by Gasteiger charge is -2.06. The van der Waals surface area contributed by atoms with Crippen LogP contribution in [0.25, 0.3) is 0 Å². The SMILES string of the molecule is N#Cc1ccc(Cl)cc1OCc1cnoc1. The summed E-state index contributed by atoms with van der Waals surface area (Å²) in [7, 11) is 0. The lowest BCUT2D eigenvalue weighted by Crippen LogP contribution is -1.95. The lowest BCUT2D eigenvalue weighted by molar-refractivity contribution is 0.303. The van der Waals surface area contributed by atoms with Gasteiger partial charge in [0.25, 0.3) is 0 Å². The number of nitriles is 1. The first-order chi connectivity index (χ1) is 7.79. The molecule has 4 nitrogen and oxygen atoms in total. The van der Waals surface area contributed by atoms with Crippen molar-refractivity contribution in [2.45, 2.75) is 6.61 Å². The van der Waals surface area contributed by atoms with Crippen LogP contribution in [0.1, 0.15) is 11.1 Å². The fourth-order valence-corrected chi connectivity index (χ4v) is 1.33. The molecule has 0 aliphatic rings. The molecule has 0 bridgehead atoms. The van der Waals surface area contributed by atoms with Gasteiger partial charge in [-0.1, -0.05) is 16.8 Å². The van der Waals surface area contributed by atoms with Crippen molar-refractivity contribution in [1.29, 1.82) is 5.26 Å². The number of aromatic nitrogens is 1. The first-order valence-corrected chi connectivity index (χ1v) is 4.88. The van der Waals surface area contributed by atoms with E-state index in [0.717, 1.165) is 5.56 Å². The molecule has 0 amide bonds. The Bertz CT molecular complexity index is 517. The maximum absolute atomic E-state index is 8.86. The van der Waals surface area contributed by atoms with Gasteiger partial charge in [0.2, 0.25) is 0 Å². The van der Waals surface area contributed by atoms with Crippen molar-refractivity contribution < 1.29 is 9.26 Å². The largest absolute Gasteiger partial charge is 0.487 e. The Morgan fingerprint density at radius 3 is 3.06 bits per heavy atom. The van der Waals surface area contributed by atoms with Crippen molar-refractivity contribution in [1.82, 2.24) is 5.16 Å². The number of hydrogen-bond donors (Lipinski definition) is 0. The third kappa shape index (κ3) is 2.33. The standard InChI is InChI=1S/C11H7ClN2O2/c12-10-2-1-9(4-13)11(3-10)15-6-8-5-14-16-7-8/h1-3,5,7H,6H2. The molecule has 0 atom stereocenters. The van der Waals surface area contributed by atoms with Crippen molar-refractivity contribution in [3.63, 3.8) is 0 Å². The first-order valence-electron chi connectivity index (χ1n) is 4.50. The van der Waals surface area contributed by atoms with E-state index in [4.69, 9.17) is 21.6 Å². The minimum Gasteiger partial charge on any atom is -0.487 e. The van der Waals surface area contributed by atoms with Crippen LogP contribution >= 0.6 is 11.6 Å². The summed E-state index contributed by atoms with van der Waals surface area (Å²) in [4.78, 5) is 0. The van der Waals surface area contributed by atoms with Gasteiger partial charge in [0.05, 0.1) is 11.8 Å². The maximum atomic E-state index is 8.86.